The van der Waals surface area contributed by atoms with Gasteiger partial charge in [0.05, 0.1) is 20.6 Å². The number of hydrogen-bond donors (Lipinski definition) is 1. The molecule has 0 atom stereocenters. The van der Waals surface area contributed by atoms with Gasteiger partial charge in [-0.2, -0.15) is 0 Å². The summed E-state index contributed by atoms with van der Waals surface area (Å²) in [6, 6.07) is 0. The molecule has 0 aromatic rings. The van der Waals surface area contributed by atoms with Gasteiger partial charge >= 0.3 is 11.9 Å². The molecule has 0 fully saturated rings. The Morgan fingerprint density at radius 2 is 1.94 bits per heavy atom. The first kappa shape index (κ1) is 15.2. The molecular weight excluding hydrogens is 224 g/mol. The summed E-state index contributed by atoms with van der Waals surface area (Å²) in [5, 5.41) is 6.94. The smallest absolute Gasteiger partial charge is 0.331 e. The molecule has 0 amide bonds. The summed E-state index contributed by atoms with van der Waals surface area (Å²) in [7, 11) is 2.62. The fourth-order valence-electron chi connectivity index (χ4n) is 1.06. The summed E-state index contributed by atoms with van der Waals surface area (Å²) in [5.41, 5.74) is 0. The van der Waals surface area contributed by atoms with Gasteiger partial charge in [-0.1, -0.05) is 0 Å². The molecule has 0 saturated carbocycles. The van der Waals surface area contributed by atoms with Gasteiger partial charge in [0.25, 0.3) is 0 Å². The number of carbonyl (C=O) groups is 2. The Balaban J connectivity index is 4.21. The molecule has 1 N–H and O–H groups in total. The molecule has 0 aromatic carbocycles. The Labute approximate surface area is 101 Å². The minimum Gasteiger partial charge on any atom is -0.469 e. The van der Waals surface area contributed by atoms with Crippen LogP contribution in [0.25, 0.3) is 0 Å². The van der Waals surface area contributed by atoms with Crippen LogP contribution in [0.4, 0.5) is 0 Å². The summed E-state index contributed by atoms with van der Waals surface area (Å²) in [4.78, 5) is 23.6. The monoisotopic (exact) mass is 242 g/mol. The highest BCUT2D eigenvalue weighted by atomic mass is 16.5. The van der Waals surface area contributed by atoms with Gasteiger partial charge in [0, 0.05) is 25.4 Å². The predicted octanol–water partition coefficient (Wildman–Crippen LogP) is 0.578. The van der Waals surface area contributed by atoms with E-state index in [1.165, 1.54) is 26.5 Å². The number of esters is 2. The van der Waals surface area contributed by atoms with Crippen LogP contribution in [0.3, 0.4) is 0 Å². The molecule has 0 rings (SSSR count). The van der Waals surface area contributed by atoms with Gasteiger partial charge in [-0.15, -0.1) is 0 Å². The van der Waals surface area contributed by atoms with E-state index in [1.807, 2.05) is 0 Å². The van der Waals surface area contributed by atoms with Crippen molar-refractivity contribution >= 4 is 18.2 Å². The first-order valence-electron chi connectivity index (χ1n) is 5.20. The van der Waals surface area contributed by atoms with E-state index in [1.54, 1.807) is 11.1 Å². The number of nitrogens with zero attached hydrogens (tertiary/aromatic N) is 1. The maximum absolute atomic E-state index is 11.0. The van der Waals surface area contributed by atoms with Crippen LogP contribution in [0.5, 0.6) is 0 Å². The fourth-order valence-corrected chi connectivity index (χ4v) is 1.06. The standard InChI is InChI=1S/C11H18N2O4/c1-16-10(14)4-8-13(7-3-6-12)9-5-11(15)17-2/h4,6,8,12H,3,5,7,9H2,1-2H3/b8-4+,12-6?. The molecule has 0 saturated heterocycles. The number of methoxy groups -OCH3 is 2. The van der Waals surface area contributed by atoms with Crippen LogP contribution in [-0.4, -0.2) is 50.4 Å². The largest absolute Gasteiger partial charge is 0.469 e. The van der Waals surface area contributed by atoms with Crippen LogP contribution in [0.1, 0.15) is 12.8 Å². The number of hydrogen-bond acceptors (Lipinski definition) is 6. The van der Waals surface area contributed by atoms with Gasteiger partial charge in [-0.05, 0) is 12.6 Å². The third-order valence-electron chi connectivity index (χ3n) is 2.01. The van der Waals surface area contributed by atoms with Crippen molar-refractivity contribution in [3.63, 3.8) is 0 Å². The van der Waals surface area contributed by atoms with Crippen LogP contribution in [-0.2, 0) is 19.1 Å². The van der Waals surface area contributed by atoms with Crippen LogP contribution in [0.2, 0.25) is 0 Å². The number of carbonyl (C=O) groups excluding carboxylic acids is 2. The molecule has 0 aromatic heterocycles. The first-order valence-corrected chi connectivity index (χ1v) is 5.20. The number of nitrogens with one attached hydrogen (secondary N) is 1. The Kier molecular flexibility index (Phi) is 8.36. The van der Waals surface area contributed by atoms with Crippen LogP contribution >= 0.6 is 0 Å². The fraction of sp³-hybridized carbons (Fsp3) is 0.545. The summed E-state index contributed by atoms with van der Waals surface area (Å²) in [6.45, 7) is 1.00. The molecule has 0 spiro atoms. The quantitative estimate of drug-likeness (QED) is 0.382. The Bertz CT molecular complexity index is 289. The molecule has 0 unspecified atom stereocenters. The summed E-state index contributed by atoms with van der Waals surface area (Å²) in [5.74, 6) is -0.765. The third kappa shape index (κ3) is 8.01. The van der Waals surface area contributed by atoms with Crippen molar-refractivity contribution in [1.82, 2.24) is 4.90 Å². The van der Waals surface area contributed by atoms with Gasteiger partial charge in [0.2, 0.25) is 0 Å². The summed E-state index contributed by atoms with van der Waals surface area (Å²) < 4.78 is 8.99. The van der Waals surface area contributed by atoms with Crippen LogP contribution < -0.4 is 0 Å². The van der Waals surface area contributed by atoms with E-state index in [0.717, 1.165) is 0 Å². The lowest BCUT2D eigenvalue weighted by molar-refractivity contribution is -0.140. The highest BCUT2D eigenvalue weighted by Gasteiger charge is 2.05. The average molecular weight is 242 g/mol. The van der Waals surface area contributed by atoms with Gasteiger partial charge in [-0.3, -0.25) is 4.79 Å². The highest BCUT2D eigenvalue weighted by molar-refractivity contribution is 5.81. The zero-order valence-corrected chi connectivity index (χ0v) is 10.1. The molecule has 0 radical (unpaired) electrons. The third-order valence-corrected chi connectivity index (χ3v) is 2.01. The minimum atomic E-state index is -0.456. The van der Waals surface area contributed by atoms with Crippen molar-refractivity contribution in [3.8, 4) is 0 Å². The van der Waals surface area contributed by atoms with Crippen molar-refractivity contribution in [3.05, 3.63) is 12.3 Å². The molecule has 17 heavy (non-hydrogen) atoms. The molecule has 0 aliphatic rings. The molecule has 0 aliphatic heterocycles. The lowest BCUT2D eigenvalue weighted by atomic mass is 10.3. The predicted molar refractivity (Wildman–Crippen MR) is 62.8 cm³/mol. The lowest BCUT2D eigenvalue weighted by Crippen LogP contribution is -2.23. The molecule has 6 heteroatoms. The second-order valence-electron chi connectivity index (χ2n) is 3.19. The molecule has 0 heterocycles. The number of ether oxygens (including phenoxy) is 2. The second kappa shape index (κ2) is 9.38. The van der Waals surface area contributed by atoms with Gasteiger partial charge in [0.1, 0.15) is 0 Å². The van der Waals surface area contributed by atoms with Gasteiger partial charge in [0.15, 0.2) is 0 Å². The normalized spacial score (nSPS) is 10.0. The second-order valence-corrected chi connectivity index (χ2v) is 3.19. The SMILES string of the molecule is COC(=O)/C=C/N(CCC=N)CCC(=O)OC. The van der Waals surface area contributed by atoms with E-state index in [2.05, 4.69) is 9.47 Å². The molecule has 0 aliphatic carbocycles. The lowest BCUT2D eigenvalue weighted by Gasteiger charge is -2.18. The van der Waals surface area contributed by atoms with Crippen molar-refractivity contribution in [2.45, 2.75) is 12.8 Å². The number of rotatable bonds is 8. The highest BCUT2D eigenvalue weighted by Crippen LogP contribution is 1.97. The maximum Gasteiger partial charge on any atom is 0.331 e. The average Bonchev–Trinajstić information content (AvgIpc) is 2.36. The van der Waals surface area contributed by atoms with E-state index in [4.69, 9.17) is 5.41 Å². The van der Waals surface area contributed by atoms with Crippen molar-refractivity contribution < 1.29 is 19.1 Å². The maximum atomic E-state index is 11.0. The molecule has 6 nitrogen and oxygen atoms in total. The Hall–Kier alpha value is -1.85. The van der Waals surface area contributed by atoms with E-state index in [-0.39, 0.29) is 12.4 Å². The Morgan fingerprint density at radius 1 is 1.24 bits per heavy atom. The molecule has 0 bridgehead atoms. The van der Waals surface area contributed by atoms with E-state index in [9.17, 15) is 9.59 Å². The zero-order chi connectivity index (χ0) is 13.1. The Morgan fingerprint density at radius 3 is 2.47 bits per heavy atom. The molecular formula is C11H18N2O4. The van der Waals surface area contributed by atoms with Crippen molar-refractivity contribution in [2.24, 2.45) is 0 Å². The van der Waals surface area contributed by atoms with E-state index >= 15 is 0 Å². The van der Waals surface area contributed by atoms with Gasteiger partial charge < -0.3 is 19.8 Å². The van der Waals surface area contributed by atoms with Crippen molar-refractivity contribution in [1.29, 1.82) is 5.41 Å². The van der Waals surface area contributed by atoms with Crippen LogP contribution in [0, 0.1) is 5.41 Å². The molecule has 96 valence electrons. The summed E-state index contributed by atoms with van der Waals surface area (Å²) in [6.07, 6.45) is 4.89. The topological polar surface area (TPSA) is 79.7 Å². The van der Waals surface area contributed by atoms with Crippen molar-refractivity contribution in [2.75, 3.05) is 27.3 Å². The van der Waals surface area contributed by atoms with E-state index in [0.29, 0.717) is 19.5 Å². The minimum absolute atomic E-state index is 0.236. The van der Waals surface area contributed by atoms with Gasteiger partial charge in [-0.25, -0.2) is 4.79 Å². The first-order chi connectivity index (χ1) is 8.13. The summed E-state index contributed by atoms with van der Waals surface area (Å²) >= 11 is 0. The van der Waals surface area contributed by atoms with E-state index < -0.39 is 5.97 Å². The van der Waals surface area contributed by atoms with Crippen LogP contribution in [0.15, 0.2) is 12.3 Å². The zero-order valence-electron chi connectivity index (χ0n) is 10.1.